The monoisotopic (exact) mass is 410 g/mol. The van der Waals surface area contributed by atoms with Crippen LogP contribution >= 0.6 is 0 Å². The number of halogens is 3. The first kappa shape index (κ1) is 20.7. The van der Waals surface area contributed by atoms with Gasteiger partial charge in [-0.1, -0.05) is 0 Å². The summed E-state index contributed by atoms with van der Waals surface area (Å²) in [5, 5.41) is 2.83. The number of aryl methyl sites for hydroxylation is 1. The summed E-state index contributed by atoms with van der Waals surface area (Å²) in [5.74, 6) is -0.435. The van der Waals surface area contributed by atoms with Crippen molar-refractivity contribution in [2.75, 3.05) is 18.0 Å². The van der Waals surface area contributed by atoms with Gasteiger partial charge in [0.15, 0.2) is 0 Å². The van der Waals surface area contributed by atoms with Crippen LogP contribution in [0.3, 0.4) is 0 Å². The maximum atomic E-state index is 12.6. The largest absolute Gasteiger partial charge is 0.416 e. The number of carbonyl (C=O) groups is 1. The second-order valence-corrected chi connectivity index (χ2v) is 7.08. The van der Waals surface area contributed by atoms with Crippen LogP contribution in [0.25, 0.3) is 0 Å². The smallest absolute Gasteiger partial charge is 0.366 e. The van der Waals surface area contributed by atoms with Crippen molar-refractivity contribution in [2.45, 2.75) is 25.1 Å². The van der Waals surface area contributed by atoms with E-state index in [1.165, 1.54) is 17.8 Å². The predicted octanol–water partition coefficient (Wildman–Crippen LogP) is 1.50. The Balaban J connectivity index is 1.62. The van der Waals surface area contributed by atoms with Gasteiger partial charge in [-0.3, -0.25) is 14.2 Å². The molecule has 0 radical (unpaired) electrons. The van der Waals surface area contributed by atoms with Gasteiger partial charge in [0, 0.05) is 45.0 Å². The molecule has 0 spiro atoms. The van der Waals surface area contributed by atoms with Crippen molar-refractivity contribution in [2.24, 2.45) is 14.1 Å². The number of carbonyl (C=O) groups excluding carboxylic acids is 1. The van der Waals surface area contributed by atoms with Crippen LogP contribution in [0.1, 0.15) is 28.8 Å². The summed E-state index contributed by atoms with van der Waals surface area (Å²) in [7, 11) is 2.99. The Bertz CT molecular complexity index is 1020. The molecule has 10 heteroatoms. The highest BCUT2D eigenvalue weighted by Gasteiger charge is 2.30. The first-order chi connectivity index (χ1) is 13.6. The molecular weight excluding hydrogens is 389 g/mol. The third-order valence-corrected chi connectivity index (χ3v) is 5.07. The molecule has 0 aliphatic carbocycles. The topological polar surface area (TPSA) is 76.3 Å². The van der Waals surface area contributed by atoms with Gasteiger partial charge in [-0.05, 0) is 37.1 Å². The minimum Gasteiger partial charge on any atom is -0.366 e. The van der Waals surface area contributed by atoms with E-state index in [1.807, 2.05) is 4.90 Å². The molecule has 1 aromatic carbocycles. The van der Waals surface area contributed by atoms with Crippen LogP contribution in [-0.4, -0.2) is 34.2 Å². The number of benzene rings is 1. The Kier molecular flexibility index (Phi) is 5.54. The average Bonchev–Trinajstić information content (AvgIpc) is 2.69. The van der Waals surface area contributed by atoms with E-state index in [1.54, 1.807) is 7.05 Å². The minimum absolute atomic E-state index is 0.155. The number of rotatable bonds is 3. The SMILES string of the molecule is Cn1cc(N2CCC(NC(=O)c3ccc(C(F)(F)F)cc3)CC2)c(=O)n(C)c1=O. The number of piperidine rings is 1. The Morgan fingerprint density at radius 1 is 1.07 bits per heavy atom. The van der Waals surface area contributed by atoms with Gasteiger partial charge in [0.2, 0.25) is 0 Å². The molecule has 29 heavy (non-hydrogen) atoms. The van der Waals surface area contributed by atoms with Crippen LogP contribution in [-0.2, 0) is 20.3 Å². The molecule has 2 heterocycles. The van der Waals surface area contributed by atoms with Gasteiger partial charge in [-0.15, -0.1) is 0 Å². The number of nitrogens with zero attached hydrogens (tertiary/aromatic N) is 3. The number of aromatic nitrogens is 2. The molecule has 0 saturated carbocycles. The van der Waals surface area contributed by atoms with Crippen LogP contribution in [0.2, 0.25) is 0 Å². The molecule has 2 aromatic rings. The fourth-order valence-electron chi connectivity index (χ4n) is 3.35. The number of hydrogen-bond donors (Lipinski definition) is 1. The summed E-state index contributed by atoms with van der Waals surface area (Å²) >= 11 is 0. The summed E-state index contributed by atoms with van der Waals surface area (Å²) in [6.07, 6.45) is -1.80. The fraction of sp³-hybridized carbons (Fsp3) is 0.421. The molecule has 0 bridgehead atoms. The standard InChI is InChI=1S/C19H21F3N4O3/c1-24-11-15(17(28)25(2)18(24)29)26-9-7-14(8-10-26)23-16(27)12-3-5-13(6-4-12)19(20,21)22/h3-6,11,14H,7-10H2,1-2H3,(H,23,27). The molecule has 3 rings (SSSR count). The maximum absolute atomic E-state index is 12.6. The molecule has 0 unspecified atom stereocenters. The molecule has 1 aliphatic heterocycles. The lowest BCUT2D eigenvalue weighted by molar-refractivity contribution is -0.137. The van der Waals surface area contributed by atoms with Gasteiger partial charge in [-0.2, -0.15) is 13.2 Å². The van der Waals surface area contributed by atoms with Crippen molar-refractivity contribution < 1.29 is 18.0 Å². The van der Waals surface area contributed by atoms with Crippen molar-refractivity contribution in [1.29, 1.82) is 0 Å². The van der Waals surface area contributed by atoms with Crippen LogP contribution < -0.4 is 21.5 Å². The van der Waals surface area contributed by atoms with Crippen LogP contribution in [0.4, 0.5) is 18.9 Å². The minimum atomic E-state index is -4.44. The van der Waals surface area contributed by atoms with Crippen molar-refractivity contribution in [3.63, 3.8) is 0 Å². The zero-order valence-electron chi connectivity index (χ0n) is 16.0. The quantitative estimate of drug-likeness (QED) is 0.832. The molecule has 156 valence electrons. The highest BCUT2D eigenvalue weighted by Crippen LogP contribution is 2.29. The summed E-state index contributed by atoms with van der Waals surface area (Å²) in [6.45, 7) is 1.01. The highest BCUT2D eigenvalue weighted by atomic mass is 19.4. The summed E-state index contributed by atoms with van der Waals surface area (Å²) in [5.41, 5.74) is -1.01. The normalized spacial score (nSPS) is 15.4. The lowest BCUT2D eigenvalue weighted by Gasteiger charge is -2.33. The Hall–Kier alpha value is -3.04. The molecule has 1 aliphatic rings. The number of hydrogen-bond acceptors (Lipinski definition) is 4. The summed E-state index contributed by atoms with van der Waals surface area (Å²) in [4.78, 5) is 38.3. The van der Waals surface area contributed by atoms with Gasteiger partial charge < -0.3 is 14.8 Å². The van der Waals surface area contributed by atoms with Gasteiger partial charge in [0.25, 0.3) is 11.5 Å². The molecule has 1 amide bonds. The van der Waals surface area contributed by atoms with E-state index in [0.717, 1.165) is 28.8 Å². The number of amides is 1. The number of nitrogens with one attached hydrogen (secondary N) is 1. The first-order valence-corrected chi connectivity index (χ1v) is 9.07. The second-order valence-electron chi connectivity index (χ2n) is 7.08. The van der Waals surface area contributed by atoms with Crippen LogP contribution in [0.5, 0.6) is 0 Å². The Morgan fingerprint density at radius 2 is 1.66 bits per heavy atom. The third kappa shape index (κ3) is 4.36. The van der Waals surface area contributed by atoms with Crippen molar-refractivity contribution in [3.05, 3.63) is 62.4 Å². The molecule has 1 aromatic heterocycles. The van der Waals surface area contributed by atoms with E-state index in [4.69, 9.17) is 0 Å². The van der Waals surface area contributed by atoms with Gasteiger partial charge in [0.05, 0.1) is 5.56 Å². The molecule has 1 N–H and O–H groups in total. The summed E-state index contributed by atoms with van der Waals surface area (Å²) in [6, 6.07) is 3.92. The second kappa shape index (κ2) is 7.76. The van der Waals surface area contributed by atoms with Crippen molar-refractivity contribution >= 4 is 11.6 Å². The third-order valence-electron chi connectivity index (χ3n) is 5.07. The lowest BCUT2D eigenvalue weighted by Crippen LogP contribution is -2.47. The van der Waals surface area contributed by atoms with Gasteiger partial charge >= 0.3 is 11.9 Å². The van der Waals surface area contributed by atoms with Crippen LogP contribution in [0.15, 0.2) is 40.1 Å². The van der Waals surface area contributed by atoms with E-state index in [2.05, 4.69) is 5.32 Å². The summed E-state index contributed by atoms with van der Waals surface area (Å²) < 4.78 is 40.3. The maximum Gasteiger partial charge on any atom is 0.416 e. The molecule has 1 saturated heterocycles. The molecule has 0 atom stereocenters. The zero-order chi connectivity index (χ0) is 21.3. The highest BCUT2D eigenvalue weighted by molar-refractivity contribution is 5.94. The van der Waals surface area contributed by atoms with E-state index >= 15 is 0 Å². The lowest BCUT2D eigenvalue weighted by atomic mass is 10.0. The fourth-order valence-corrected chi connectivity index (χ4v) is 3.35. The van der Waals surface area contributed by atoms with E-state index in [9.17, 15) is 27.6 Å². The first-order valence-electron chi connectivity index (χ1n) is 9.07. The average molecular weight is 410 g/mol. The number of anilines is 1. The van der Waals surface area contributed by atoms with Crippen molar-refractivity contribution in [1.82, 2.24) is 14.5 Å². The number of alkyl halides is 3. The zero-order valence-corrected chi connectivity index (χ0v) is 16.0. The Labute approximate surface area is 164 Å². The van der Waals surface area contributed by atoms with Gasteiger partial charge in [-0.25, -0.2) is 4.79 Å². The Morgan fingerprint density at radius 3 is 2.21 bits per heavy atom. The van der Waals surface area contributed by atoms with Crippen molar-refractivity contribution in [3.8, 4) is 0 Å². The molecule has 1 fully saturated rings. The van der Waals surface area contributed by atoms with Crippen LogP contribution in [0, 0.1) is 0 Å². The molecular formula is C19H21F3N4O3. The van der Waals surface area contributed by atoms with E-state index in [-0.39, 0.29) is 17.2 Å². The predicted molar refractivity (Wildman–Crippen MR) is 101 cm³/mol. The molecule has 7 nitrogen and oxygen atoms in total. The van der Waals surface area contributed by atoms with E-state index < -0.39 is 23.3 Å². The van der Waals surface area contributed by atoms with E-state index in [0.29, 0.717) is 31.6 Å². The van der Waals surface area contributed by atoms with Gasteiger partial charge in [0.1, 0.15) is 5.69 Å².